The van der Waals surface area contributed by atoms with Crippen LogP contribution in [0.15, 0.2) is 30.5 Å². The van der Waals surface area contributed by atoms with E-state index in [1.165, 1.54) is 6.07 Å². The van der Waals surface area contributed by atoms with Gasteiger partial charge in [-0.15, -0.1) is 0 Å². The van der Waals surface area contributed by atoms with Crippen LogP contribution in [-0.4, -0.2) is 63.8 Å². The fourth-order valence-corrected chi connectivity index (χ4v) is 3.68. The topological polar surface area (TPSA) is 136 Å². The maximum atomic E-state index is 11.1. The van der Waals surface area contributed by atoms with Crippen molar-refractivity contribution in [2.45, 2.75) is 27.7 Å². The SMILES string of the molecule is OC[C@@]1(Br)O[C@H](O)[C@H](O)[C@](O)(n2cc(O)c3ccccc32)[C@@]1(O)Cl. The van der Waals surface area contributed by atoms with Crippen molar-refractivity contribution in [2.75, 3.05) is 6.61 Å². The molecule has 10 heteroatoms. The number of hydrogen-bond acceptors (Lipinski definition) is 7. The van der Waals surface area contributed by atoms with E-state index in [1.54, 1.807) is 18.2 Å². The van der Waals surface area contributed by atoms with Gasteiger partial charge in [0, 0.05) is 11.6 Å². The third kappa shape index (κ3) is 2.07. The third-order valence-electron chi connectivity index (χ3n) is 4.23. The first-order chi connectivity index (χ1) is 11.1. The highest BCUT2D eigenvalue weighted by Gasteiger charge is 2.72. The van der Waals surface area contributed by atoms with Crippen molar-refractivity contribution < 1.29 is 35.4 Å². The Morgan fingerprint density at radius 2 is 1.88 bits per heavy atom. The van der Waals surface area contributed by atoms with Crippen molar-refractivity contribution >= 4 is 38.4 Å². The molecular formula is C14H15BrClNO7. The molecule has 0 aliphatic carbocycles. The van der Waals surface area contributed by atoms with Crippen LogP contribution in [0.4, 0.5) is 0 Å². The summed E-state index contributed by atoms with van der Waals surface area (Å²) >= 11 is 8.96. The molecule has 0 spiro atoms. The van der Waals surface area contributed by atoms with Crippen LogP contribution in [0.1, 0.15) is 0 Å². The van der Waals surface area contributed by atoms with E-state index in [0.717, 1.165) is 10.8 Å². The maximum absolute atomic E-state index is 11.1. The first-order valence-electron chi connectivity index (χ1n) is 6.87. The van der Waals surface area contributed by atoms with Crippen LogP contribution in [0.25, 0.3) is 10.9 Å². The van der Waals surface area contributed by atoms with Crippen molar-refractivity contribution in [3.63, 3.8) is 0 Å². The molecule has 2 heterocycles. The van der Waals surface area contributed by atoms with Crippen LogP contribution >= 0.6 is 27.5 Å². The van der Waals surface area contributed by atoms with Gasteiger partial charge in [-0.2, -0.15) is 0 Å². The number of aromatic hydroxyl groups is 1. The number of aliphatic hydroxyl groups is 5. The standard InChI is InChI=1S/C14H15BrClNO7/c15-12(6-18)14(16,23)13(22,10(20)11(21)24-12)17-5-9(19)7-3-1-2-4-8(7)17/h1-5,10-11,18-23H,6H2/t10-,11-,12+,13+,14+/m0/s1. The van der Waals surface area contributed by atoms with E-state index in [9.17, 15) is 30.6 Å². The molecule has 0 bridgehead atoms. The van der Waals surface area contributed by atoms with Crippen molar-refractivity contribution in [3.8, 4) is 5.75 Å². The van der Waals surface area contributed by atoms with E-state index in [0.29, 0.717) is 5.39 Å². The molecule has 132 valence electrons. The number of aromatic nitrogens is 1. The van der Waals surface area contributed by atoms with Gasteiger partial charge in [-0.25, -0.2) is 0 Å². The number of hydrogen-bond donors (Lipinski definition) is 6. The fraction of sp³-hybridized carbons (Fsp3) is 0.429. The zero-order valence-corrected chi connectivity index (χ0v) is 14.4. The van der Waals surface area contributed by atoms with Crippen molar-refractivity contribution in [1.29, 1.82) is 0 Å². The molecule has 0 saturated carbocycles. The number of aliphatic hydroxyl groups excluding tert-OH is 3. The Hall–Kier alpha value is -0.910. The summed E-state index contributed by atoms with van der Waals surface area (Å²) in [5.41, 5.74) is -2.54. The number of para-hydroxylation sites is 1. The van der Waals surface area contributed by atoms with E-state index in [-0.39, 0.29) is 11.3 Å². The molecule has 6 N–H and O–H groups in total. The molecule has 1 saturated heterocycles. The van der Waals surface area contributed by atoms with E-state index >= 15 is 0 Å². The number of fused-ring (bicyclic) bond motifs is 1. The number of nitrogens with zero attached hydrogens (tertiary/aromatic N) is 1. The Kier molecular flexibility index (Phi) is 4.14. The van der Waals surface area contributed by atoms with Gasteiger partial charge in [0.2, 0.25) is 10.8 Å². The second-order valence-electron chi connectivity index (χ2n) is 5.59. The number of halogens is 2. The summed E-state index contributed by atoms with van der Waals surface area (Å²) in [5, 5.41) is 59.1. The smallest absolute Gasteiger partial charge is 0.231 e. The molecule has 24 heavy (non-hydrogen) atoms. The van der Waals surface area contributed by atoms with Gasteiger partial charge in [0.05, 0.1) is 12.1 Å². The van der Waals surface area contributed by atoms with Crippen LogP contribution in [0.3, 0.4) is 0 Å². The summed E-state index contributed by atoms with van der Waals surface area (Å²) in [5.74, 6) is -0.246. The number of rotatable bonds is 2. The van der Waals surface area contributed by atoms with Gasteiger partial charge >= 0.3 is 0 Å². The van der Waals surface area contributed by atoms with Crippen LogP contribution < -0.4 is 0 Å². The predicted octanol–water partition coefficient (Wildman–Crippen LogP) is -0.288. The molecule has 3 rings (SSSR count). The van der Waals surface area contributed by atoms with Gasteiger partial charge in [-0.3, -0.25) is 0 Å². The second-order valence-corrected chi connectivity index (χ2v) is 7.42. The van der Waals surface area contributed by atoms with Gasteiger partial charge in [0.1, 0.15) is 5.75 Å². The average Bonchev–Trinajstić information content (AvgIpc) is 2.89. The molecule has 1 fully saturated rings. The lowest BCUT2D eigenvalue weighted by molar-refractivity contribution is -0.368. The van der Waals surface area contributed by atoms with E-state index < -0.39 is 34.3 Å². The second kappa shape index (κ2) is 5.55. The van der Waals surface area contributed by atoms with Gasteiger partial charge < -0.3 is 39.9 Å². The number of benzene rings is 1. The van der Waals surface area contributed by atoms with Crippen LogP contribution in [0, 0.1) is 0 Å². The Bertz CT molecular complexity index is 784. The summed E-state index contributed by atoms with van der Waals surface area (Å²) in [6, 6.07) is 6.29. The molecule has 1 aliphatic rings. The molecular weight excluding hydrogens is 410 g/mol. The molecule has 0 radical (unpaired) electrons. The van der Waals surface area contributed by atoms with Crippen molar-refractivity contribution in [1.82, 2.24) is 4.57 Å². The van der Waals surface area contributed by atoms with Gasteiger partial charge in [0.15, 0.2) is 16.9 Å². The Balaban J connectivity index is 2.32. The highest BCUT2D eigenvalue weighted by molar-refractivity contribution is 9.10. The summed E-state index contributed by atoms with van der Waals surface area (Å²) in [7, 11) is 0. The van der Waals surface area contributed by atoms with Gasteiger partial charge in [-0.05, 0) is 28.1 Å². The number of alkyl halides is 2. The minimum atomic E-state index is -2.83. The minimum absolute atomic E-state index is 0.220. The molecule has 0 amide bonds. The first-order valence-corrected chi connectivity index (χ1v) is 8.04. The summed E-state index contributed by atoms with van der Waals surface area (Å²) in [6.07, 6.45) is -3.05. The summed E-state index contributed by atoms with van der Waals surface area (Å²) < 4.78 is 3.67. The lowest BCUT2D eigenvalue weighted by atomic mass is 9.90. The molecule has 5 atom stereocenters. The first kappa shape index (κ1) is 17.9. The predicted molar refractivity (Wildman–Crippen MR) is 86.4 cm³/mol. The van der Waals surface area contributed by atoms with E-state index in [2.05, 4.69) is 15.9 Å². The summed E-state index contributed by atoms with van der Waals surface area (Å²) in [6.45, 7) is -0.940. The number of ether oxygens (including phenoxy) is 1. The Labute approximate surface area is 149 Å². The van der Waals surface area contributed by atoms with E-state index in [1.807, 2.05) is 0 Å². The minimum Gasteiger partial charge on any atom is -0.506 e. The fourth-order valence-electron chi connectivity index (χ4n) is 2.89. The van der Waals surface area contributed by atoms with Crippen molar-refractivity contribution in [3.05, 3.63) is 30.5 Å². The Morgan fingerprint density at radius 3 is 2.50 bits per heavy atom. The molecule has 1 aromatic heterocycles. The monoisotopic (exact) mass is 423 g/mol. The zero-order chi connectivity index (χ0) is 17.9. The molecule has 1 aromatic carbocycles. The quantitative estimate of drug-likeness (QED) is 0.365. The molecule has 0 unspecified atom stereocenters. The van der Waals surface area contributed by atoms with Gasteiger partial charge in [0.25, 0.3) is 0 Å². The zero-order valence-electron chi connectivity index (χ0n) is 12.0. The maximum Gasteiger partial charge on any atom is 0.231 e. The normalized spacial score (nSPS) is 40.1. The molecule has 1 aliphatic heterocycles. The van der Waals surface area contributed by atoms with Crippen LogP contribution in [0.2, 0.25) is 0 Å². The van der Waals surface area contributed by atoms with Gasteiger partial charge in [-0.1, -0.05) is 23.7 Å². The Morgan fingerprint density at radius 1 is 1.25 bits per heavy atom. The average molecular weight is 425 g/mol. The summed E-state index contributed by atoms with van der Waals surface area (Å²) in [4.78, 5) is 0. The highest BCUT2D eigenvalue weighted by atomic mass is 79.9. The van der Waals surface area contributed by atoms with E-state index in [4.69, 9.17) is 16.3 Å². The van der Waals surface area contributed by atoms with Crippen LogP contribution in [-0.2, 0) is 10.5 Å². The van der Waals surface area contributed by atoms with Crippen LogP contribution in [0.5, 0.6) is 5.75 Å². The lowest BCUT2D eigenvalue weighted by Crippen LogP contribution is -2.76. The molecule has 2 aromatic rings. The highest BCUT2D eigenvalue weighted by Crippen LogP contribution is 2.53. The lowest BCUT2D eigenvalue weighted by Gasteiger charge is -2.55. The molecule has 8 nitrogen and oxygen atoms in total. The largest absolute Gasteiger partial charge is 0.506 e. The van der Waals surface area contributed by atoms with Crippen molar-refractivity contribution in [2.24, 2.45) is 0 Å². The third-order valence-corrected chi connectivity index (χ3v) is 6.06.